The zero-order valence-electron chi connectivity index (χ0n) is 14.9. The number of ether oxygens (including phenoxy) is 1. The van der Waals surface area contributed by atoms with Gasteiger partial charge in [0.25, 0.3) is 0 Å². The largest absolute Gasteiger partial charge is 0.486 e. The fourth-order valence-electron chi connectivity index (χ4n) is 2.97. The number of nitrogens with zero attached hydrogens (tertiary/aromatic N) is 4. The van der Waals surface area contributed by atoms with Gasteiger partial charge >= 0.3 is 0 Å². The summed E-state index contributed by atoms with van der Waals surface area (Å²) in [5.74, 6) is 2.02. The molecule has 1 aromatic carbocycles. The minimum Gasteiger partial charge on any atom is -0.486 e. The van der Waals surface area contributed by atoms with Gasteiger partial charge in [-0.25, -0.2) is 0 Å². The summed E-state index contributed by atoms with van der Waals surface area (Å²) in [4.78, 5) is 14.3. The van der Waals surface area contributed by atoms with Crippen molar-refractivity contribution in [3.63, 3.8) is 0 Å². The van der Waals surface area contributed by atoms with Gasteiger partial charge in [0.05, 0.1) is 0 Å². The Morgan fingerprint density at radius 2 is 1.80 bits per heavy atom. The maximum absolute atomic E-state index is 5.77. The lowest BCUT2D eigenvalue weighted by molar-refractivity contribution is 0.295. The molecule has 0 aliphatic heterocycles. The van der Waals surface area contributed by atoms with Crippen molar-refractivity contribution in [3.05, 3.63) is 30.1 Å². The van der Waals surface area contributed by atoms with E-state index in [4.69, 9.17) is 10.5 Å². The Morgan fingerprint density at radius 1 is 1.08 bits per heavy atom. The smallest absolute Gasteiger partial charge is 0.230 e. The number of aromatic nitrogens is 3. The zero-order chi connectivity index (χ0) is 17.6. The van der Waals surface area contributed by atoms with Crippen LogP contribution in [-0.2, 0) is 6.61 Å². The fraction of sp³-hybridized carbons (Fsp3) is 0.500. The monoisotopic (exact) mass is 342 g/mol. The van der Waals surface area contributed by atoms with E-state index in [1.54, 1.807) is 4.90 Å². The lowest BCUT2D eigenvalue weighted by atomic mass is 9.95. The molecule has 0 unspecified atom stereocenters. The van der Waals surface area contributed by atoms with Gasteiger partial charge < -0.3 is 20.7 Å². The zero-order valence-corrected chi connectivity index (χ0v) is 14.9. The van der Waals surface area contributed by atoms with Crippen molar-refractivity contribution < 1.29 is 4.74 Å². The van der Waals surface area contributed by atoms with Gasteiger partial charge in [-0.3, -0.25) is 0 Å². The predicted molar refractivity (Wildman–Crippen MR) is 99.8 cm³/mol. The summed E-state index contributed by atoms with van der Waals surface area (Å²) in [5, 5.41) is 3.60. The molecule has 3 rings (SSSR count). The second kappa shape index (κ2) is 8.00. The number of nitrogen functional groups attached to an aromatic ring is 1. The van der Waals surface area contributed by atoms with Crippen LogP contribution in [0.5, 0.6) is 5.75 Å². The number of anilines is 3. The standard InChI is InChI=1S/C18H26N6O/c1-24(2)18-22-16(21-17(19)23-18)12-25-15-10-8-14(9-11-15)20-13-6-4-3-5-7-13/h8-11,13,20H,3-7,12H2,1-2H3,(H2,19,21,22,23). The topological polar surface area (TPSA) is 89.2 Å². The Bertz CT molecular complexity index is 682. The summed E-state index contributed by atoms with van der Waals surface area (Å²) in [6.45, 7) is 0.253. The first-order chi connectivity index (χ1) is 12.1. The second-order valence-electron chi connectivity index (χ2n) is 6.60. The molecular formula is C18H26N6O. The molecule has 1 aliphatic rings. The summed E-state index contributed by atoms with van der Waals surface area (Å²) >= 11 is 0. The van der Waals surface area contributed by atoms with E-state index in [1.165, 1.54) is 32.1 Å². The van der Waals surface area contributed by atoms with Crippen LogP contribution in [0.4, 0.5) is 17.6 Å². The van der Waals surface area contributed by atoms with Crippen molar-refractivity contribution in [1.82, 2.24) is 15.0 Å². The van der Waals surface area contributed by atoms with Crippen molar-refractivity contribution in [1.29, 1.82) is 0 Å². The van der Waals surface area contributed by atoms with Crippen molar-refractivity contribution in [3.8, 4) is 5.75 Å². The highest BCUT2D eigenvalue weighted by Gasteiger charge is 2.13. The molecule has 0 radical (unpaired) electrons. The minimum absolute atomic E-state index is 0.198. The molecule has 1 aromatic heterocycles. The van der Waals surface area contributed by atoms with E-state index in [9.17, 15) is 0 Å². The summed E-state index contributed by atoms with van der Waals surface area (Å²) in [7, 11) is 3.72. The third-order valence-corrected chi connectivity index (χ3v) is 4.29. The Kier molecular flexibility index (Phi) is 5.53. The quantitative estimate of drug-likeness (QED) is 0.834. The van der Waals surface area contributed by atoms with Crippen molar-refractivity contribution in [2.24, 2.45) is 0 Å². The van der Waals surface area contributed by atoms with Gasteiger partial charge in [0.15, 0.2) is 5.82 Å². The highest BCUT2D eigenvalue weighted by Crippen LogP contribution is 2.23. The Labute approximate surface area is 148 Å². The van der Waals surface area contributed by atoms with Crippen molar-refractivity contribution >= 4 is 17.6 Å². The summed E-state index contributed by atoms with van der Waals surface area (Å²) < 4.78 is 5.77. The number of nitrogens with two attached hydrogens (primary N) is 1. The van der Waals surface area contributed by atoms with Gasteiger partial charge in [-0.2, -0.15) is 15.0 Å². The average molecular weight is 342 g/mol. The molecule has 1 heterocycles. The van der Waals surface area contributed by atoms with E-state index < -0.39 is 0 Å². The van der Waals surface area contributed by atoms with Crippen molar-refractivity contribution in [2.45, 2.75) is 44.8 Å². The number of benzene rings is 1. The molecule has 0 saturated heterocycles. The maximum atomic E-state index is 5.77. The molecular weight excluding hydrogens is 316 g/mol. The summed E-state index contributed by atoms with van der Waals surface area (Å²) in [6, 6.07) is 8.62. The van der Waals surface area contributed by atoms with Crippen LogP contribution < -0.4 is 20.7 Å². The van der Waals surface area contributed by atoms with E-state index in [0.29, 0.717) is 17.8 Å². The van der Waals surface area contributed by atoms with E-state index in [0.717, 1.165) is 11.4 Å². The normalized spacial score (nSPS) is 15.0. The lowest BCUT2D eigenvalue weighted by Crippen LogP contribution is -2.22. The highest BCUT2D eigenvalue weighted by atomic mass is 16.5. The van der Waals surface area contributed by atoms with Gasteiger partial charge in [-0.1, -0.05) is 19.3 Å². The van der Waals surface area contributed by atoms with Gasteiger partial charge in [-0.05, 0) is 37.1 Å². The Balaban J connectivity index is 1.56. The molecule has 0 atom stereocenters. The van der Waals surface area contributed by atoms with E-state index >= 15 is 0 Å². The molecule has 0 spiro atoms. The van der Waals surface area contributed by atoms with Crippen LogP contribution >= 0.6 is 0 Å². The molecule has 1 fully saturated rings. The molecule has 25 heavy (non-hydrogen) atoms. The number of rotatable bonds is 6. The number of hydrogen-bond acceptors (Lipinski definition) is 7. The first-order valence-corrected chi connectivity index (χ1v) is 8.77. The van der Waals surface area contributed by atoms with E-state index in [-0.39, 0.29) is 12.6 Å². The molecule has 0 bridgehead atoms. The fourth-order valence-corrected chi connectivity index (χ4v) is 2.97. The van der Waals surface area contributed by atoms with Crippen LogP contribution in [0.2, 0.25) is 0 Å². The van der Waals surface area contributed by atoms with Gasteiger partial charge in [0.1, 0.15) is 12.4 Å². The summed E-state index contributed by atoms with van der Waals surface area (Å²) in [6.07, 6.45) is 6.52. The minimum atomic E-state index is 0.198. The number of nitrogens with one attached hydrogen (secondary N) is 1. The molecule has 7 heteroatoms. The van der Waals surface area contributed by atoms with Crippen LogP contribution in [0.15, 0.2) is 24.3 Å². The summed E-state index contributed by atoms with van der Waals surface area (Å²) in [5.41, 5.74) is 6.86. The molecule has 134 valence electrons. The molecule has 2 aromatic rings. The van der Waals surface area contributed by atoms with E-state index in [2.05, 4.69) is 32.4 Å². The van der Waals surface area contributed by atoms with Crippen molar-refractivity contribution in [2.75, 3.05) is 30.0 Å². The van der Waals surface area contributed by atoms with Gasteiger partial charge in [0.2, 0.25) is 11.9 Å². The van der Waals surface area contributed by atoms with Gasteiger partial charge in [0, 0.05) is 25.8 Å². The first-order valence-electron chi connectivity index (χ1n) is 8.77. The Morgan fingerprint density at radius 3 is 2.48 bits per heavy atom. The third-order valence-electron chi connectivity index (χ3n) is 4.29. The third kappa shape index (κ3) is 4.95. The van der Waals surface area contributed by atoms with Crippen LogP contribution in [0.25, 0.3) is 0 Å². The molecule has 1 aliphatic carbocycles. The second-order valence-corrected chi connectivity index (χ2v) is 6.60. The molecule has 0 amide bonds. The van der Waals surface area contributed by atoms with E-state index in [1.807, 2.05) is 26.2 Å². The number of hydrogen-bond donors (Lipinski definition) is 2. The van der Waals surface area contributed by atoms with Crippen LogP contribution in [-0.4, -0.2) is 35.1 Å². The molecule has 1 saturated carbocycles. The average Bonchev–Trinajstić information content (AvgIpc) is 2.61. The van der Waals surface area contributed by atoms with Crippen LogP contribution in [0, 0.1) is 0 Å². The lowest BCUT2D eigenvalue weighted by Gasteiger charge is -2.23. The van der Waals surface area contributed by atoms with Crippen LogP contribution in [0.3, 0.4) is 0 Å². The Hall–Kier alpha value is -2.57. The predicted octanol–water partition coefficient (Wildman–Crippen LogP) is 2.84. The molecule has 7 nitrogen and oxygen atoms in total. The highest BCUT2D eigenvalue weighted by molar-refractivity contribution is 5.47. The van der Waals surface area contributed by atoms with Crippen LogP contribution in [0.1, 0.15) is 37.9 Å². The first kappa shape index (κ1) is 17.3. The van der Waals surface area contributed by atoms with Gasteiger partial charge in [-0.15, -0.1) is 0 Å². The SMILES string of the molecule is CN(C)c1nc(N)nc(COc2ccc(NC3CCCCC3)cc2)n1. The molecule has 3 N–H and O–H groups in total. The maximum Gasteiger partial charge on any atom is 0.230 e.